The number of ether oxygens (including phenoxy) is 4. The van der Waals surface area contributed by atoms with Crippen molar-refractivity contribution in [3.05, 3.63) is 83.7 Å². The van der Waals surface area contributed by atoms with Gasteiger partial charge in [-0.2, -0.15) is 9.97 Å². The number of hydrogen-bond acceptors (Lipinski definition) is 18. The summed E-state index contributed by atoms with van der Waals surface area (Å²) in [6.07, 6.45) is 15.4. The molecule has 4 aliphatic heterocycles. The molecule has 26 heteroatoms. The zero-order chi connectivity index (χ0) is 63.5. The maximum absolute atomic E-state index is 13.6. The fraction of sp³-hybridized carbons (Fsp3) is 0.556. The lowest BCUT2D eigenvalue weighted by molar-refractivity contribution is -0.0816. The van der Waals surface area contributed by atoms with Crippen molar-refractivity contribution in [2.24, 2.45) is 11.8 Å². The number of anilines is 4. The van der Waals surface area contributed by atoms with Crippen LogP contribution in [-0.2, 0) is 18.9 Å². The van der Waals surface area contributed by atoms with Crippen LogP contribution in [0.5, 0.6) is 0 Å². The Labute approximate surface area is 517 Å². The van der Waals surface area contributed by atoms with Crippen LogP contribution >= 0.6 is 0 Å². The number of carbonyl (C=O) groups is 6. The molecule has 5 amide bonds. The predicted octanol–water partition coefficient (Wildman–Crippen LogP) is 8.82. The number of aromatic carboxylic acids is 1. The maximum Gasteiger partial charge on any atom is 0.410 e. The molecular weight excluding hydrogens is 1140 g/mol. The Morgan fingerprint density at radius 3 is 1.36 bits per heavy atom. The van der Waals surface area contributed by atoms with Gasteiger partial charge in [0, 0.05) is 114 Å². The van der Waals surface area contributed by atoms with E-state index in [-0.39, 0.29) is 59.6 Å². The second kappa shape index (κ2) is 26.7. The van der Waals surface area contributed by atoms with Gasteiger partial charge in [0.15, 0.2) is 0 Å². The van der Waals surface area contributed by atoms with Gasteiger partial charge in [-0.25, -0.2) is 34.3 Å². The van der Waals surface area contributed by atoms with Crippen LogP contribution in [0.15, 0.2) is 61.2 Å². The topological polar surface area (TPSA) is 287 Å². The Balaban J connectivity index is 0.000000165. The molecule has 4 bridgehead atoms. The van der Waals surface area contributed by atoms with Gasteiger partial charge in [-0.3, -0.25) is 14.4 Å². The van der Waals surface area contributed by atoms with Crippen molar-refractivity contribution in [3.8, 4) is 0 Å². The number of amides is 5. The minimum absolute atomic E-state index is 0.0599. The third kappa shape index (κ3) is 15.1. The highest BCUT2D eigenvalue weighted by atomic mass is 16.6. The Morgan fingerprint density at radius 1 is 0.551 bits per heavy atom. The number of pyridine rings is 2. The molecule has 2 aliphatic carbocycles. The standard InChI is InChI=1S/C31H40N8O5.C20H22N6O3.C12H21NO3/c1-31(2,3)44-30(42)37-15-22-17-43-18-23(16-37)38(22)27(40)19-10-11-25(32-13-19)34-29-33-14-20-12-24(28(41)36(4)5)39(26(20)35-29)21-8-6-7-9-21;1-25(2)18(27)15-9-13-11-22-20(23-16-8-7-12(10-21-16)19(28)29)24-17(13)26(15)14-5-3-4-6-14;1-12(2,3)16-11(14)13-5-9-4-10(6-13)8-15-7-9/h10-14,21-23H,6-9,15-18H2,1-5H3,(H,32,33,34,35);7-11,14H,3-6H2,1-2H3,(H,28,29)(H,21,22,23,24);9-10H,4-8H2,1-3H3/t22-,23+;;9-,10+. The van der Waals surface area contributed by atoms with Crippen molar-refractivity contribution in [1.29, 1.82) is 0 Å². The first-order valence-electron chi connectivity index (χ1n) is 30.7. The van der Waals surface area contributed by atoms with E-state index in [9.17, 15) is 28.8 Å². The van der Waals surface area contributed by atoms with Crippen LogP contribution < -0.4 is 10.6 Å². The quantitative estimate of drug-likeness (QED) is 0.115. The zero-order valence-electron chi connectivity index (χ0n) is 52.6. The van der Waals surface area contributed by atoms with Crippen LogP contribution in [0.3, 0.4) is 0 Å². The van der Waals surface area contributed by atoms with Crippen LogP contribution in [0.1, 0.15) is 153 Å². The second-order valence-electron chi connectivity index (χ2n) is 26.3. The molecule has 0 radical (unpaired) electrons. The molecule has 26 nitrogen and oxygen atoms in total. The smallest absolute Gasteiger partial charge is 0.410 e. The summed E-state index contributed by atoms with van der Waals surface area (Å²) in [7, 11) is 6.98. The molecule has 2 saturated carbocycles. The summed E-state index contributed by atoms with van der Waals surface area (Å²) < 4.78 is 26.3. The van der Waals surface area contributed by atoms with Gasteiger partial charge in [-0.1, -0.05) is 25.7 Å². The lowest BCUT2D eigenvalue weighted by Gasteiger charge is -2.49. The van der Waals surface area contributed by atoms with E-state index >= 15 is 0 Å². The molecule has 0 unspecified atom stereocenters. The van der Waals surface area contributed by atoms with E-state index < -0.39 is 17.2 Å². The molecule has 4 atom stereocenters. The number of nitrogens with zero attached hydrogens (tertiary/aromatic N) is 13. The van der Waals surface area contributed by atoms with Gasteiger partial charge in [-0.15, -0.1) is 0 Å². The Morgan fingerprint density at radius 2 is 0.966 bits per heavy atom. The van der Waals surface area contributed by atoms with Gasteiger partial charge in [0.1, 0.15) is 45.5 Å². The van der Waals surface area contributed by atoms with Crippen LogP contribution in [0.25, 0.3) is 22.1 Å². The van der Waals surface area contributed by atoms with Crippen LogP contribution in [0.2, 0.25) is 0 Å². The molecule has 6 aliphatic rings. The van der Waals surface area contributed by atoms with Gasteiger partial charge in [0.2, 0.25) is 11.9 Å². The van der Waals surface area contributed by atoms with Crippen molar-refractivity contribution in [2.45, 2.75) is 135 Å². The van der Waals surface area contributed by atoms with Crippen molar-refractivity contribution < 1.29 is 52.8 Å². The molecule has 476 valence electrons. The summed E-state index contributed by atoms with van der Waals surface area (Å²) in [6, 6.07) is 10.1. The van der Waals surface area contributed by atoms with Gasteiger partial charge >= 0.3 is 18.2 Å². The van der Waals surface area contributed by atoms with Gasteiger partial charge < -0.3 is 68.3 Å². The fourth-order valence-electron chi connectivity index (χ4n) is 12.5. The zero-order valence-corrected chi connectivity index (χ0v) is 52.6. The molecule has 6 aromatic rings. The fourth-order valence-corrected chi connectivity index (χ4v) is 12.5. The summed E-state index contributed by atoms with van der Waals surface area (Å²) in [6.45, 7) is 15.7. The lowest BCUT2D eigenvalue weighted by Crippen LogP contribution is -2.67. The van der Waals surface area contributed by atoms with Gasteiger partial charge in [-0.05, 0) is 110 Å². The highest BCUT2D eigenvalue weighted by molar-refractivity contribution is 5.99. The van der Waals surface area contributed by atoms with Gasteiger partial charge in [0.05, 0.1) is 49.6 Å². The van der Waals surface area contributed by atoms with E-state index in [1.54, 1.807) is 73.5 Å². The number of morpholine rings is 1. The number of piperazine rings is 1. The summed E-state index contributed by atoms with van der Waals surface area (Å²) in [5, 5.41) is 16.8. The summed E-state index contributed by atoms with van der Waals surface area (Å²) >= 11 is 0. The Kier molecular flexibility index (Phi) is 19.0. The molecule has 12 rings (SSSR count). The molecule has 6 fully saturated rings. The molecule has 6 aromatic heterocycles. The largest absolute Gasteiger partial charge is 0.478 e. The van der Waals surface area contributed by atoms with Crippen LogP contribution in [-0.4, -0.2) is 209 Å². The highest BCUT2D eigenvalue weighted by Crippen LogP contribution is 2.37. The Hall–Kier alpha value is -8.52. The highest BCUT2D eigenvalue weighted by Gasteiger charge is 2.44. The first-order chi connectivity index (χ1) is 42.4. The number of piperidine rings is 1. The summed E-state index contributed by atoms with van der Waals surface area (Å²) in [5.74, 6) is 1.32. The van der Waals surface area contributed by atoms with E-state index in [2.05, 4.69) is 40.1 Å². The maximum atomic E-state index is 13.6. The number of likely N-dealkylation sites (tertiary alicyclic amines) is 1. The average molecular weight is 1230 g/mol. The third-order valence-corrected chi connectivity index (χ3v) is 16.4. The minimum atomic E-state index is -1.03. The summed E-state index contributed by atoms with van der Waals surface area (Å²) in [4.78, 5) is 110. The number of fused-ring (bicyclic) bond motifs is 6. The molecule has 89 heavy (non-hydrogen) atoms. The van der Waals surface area contributed by atoms with Crippen molar-refractivity contribution >= 4 is 81.5 Å². The number of carboxylic acid groups (broad SMARTS) is 1. The lowest BCUT2D eigenvalue weighted by atomic mass is 9.88. The number of hydrogen-bond donors (Lipinski definition) is 3. The number of carboxylic acids is 1. The monoisotopic (exact) mass is 1230 g/mol. The van der Waals surface area contributed by atoms with E-state index in [0.717, 1.165) is 88.4 Å². The SMILES string of the molecule is CC(C)(C)OC(=O)N1C[C@@H]2COC[C@@H](C2)C1.CN(C)C(=O)c1cc2cnc(Nc3ccc(C(=O)N4[C@@H]5COC[C@H]4CN(C(=O)OC(C)(C)C)C5)cn3)nc2n1C1CCCC1.CN(C)C(=O)c1cc2cnc(Nc3ccc(C(=O)O)cn3)nc2n1C1CCCC1. The molecule has 4 saturated heterocycles. The van der Waals surface area contributed by atoms with E-state index in [1.807, 2.05) is 68.0 Å². The minimum Gasteiger partial charge on any atom is -0.478 e. The van der Waals surface area contributed by atoms with Crippen LogP contribution in [0.4, 0.5) is 33.1 Å². The van der Waals surface area contributed by atoms with E-state index in [0.29, 0.717) is 89.9 Å². The average Bonchev–Trinajstić information content (AvgIpc) is 1.75. The van der Waals surface area contributed by atoms with Crippen molar-refractivity contribution in [1.82, 2.24) is 63.5 Å². The van der Waals surface area contributed by atoms with Crippen molar-refractivity contribution in [2.75, 3.05) is 91.4 Å². The second-order valence-corrected chi connectivity index (χ2v) is 26.3. The predicted molar refractivity (Wildman–Crippen MR) is 331 cm³/mol. The van der Waals surface area contributed by atoms with Gasteiger partial charge in [0.25, 0.3) is 17.7 Å². The first-order valence-corrected chi connectivity index (χ1v) is 30.7. The number of aromatic nitrogens is 8. The number of rotatable bonds is 10. The number of carbonyl (C=O) groups excluding carboxylic acids is 5. The Bertz CT molecular complexity index is 3520. The molecule has 10 heterocycles. The normalized spacial score (nSPS) is 20.2. The van der Waals surface area contributed by atoms with Crippen molar-refractivity contribution in [3.63, 3.8) is 0 Å². The summed E-state index contributed by atoms with van der Waals surface area (Å²) in [5.41, 5.74) is 2.21. The molecular formula is C63H83N15O11. The van der Waals surface area contributed by atoms with E-state index in [4.69, 9.17) is 29.0 Å². The first kappa shape index (κ1) is 63.5. The van der Waals surface area contributed by atoms with E-state index in [1.165, 1.54) is 24.9 Å². The molecule has 0 aromatic carbocycles. The molecule has 0 spiro atoms. The number of nitrogens with one attached hydrogen (secondary N) is 2. The van der Waals surface area contributed by atoms with Crippen LogP contribution in [0, 0.1) is 11.8 Å². The molecule has 3 N–H and O–H groups in total. The third-order valence-electron chi connectivity index (χ3n) is 16.4.